The molecule has 2 aromatic rings. The molecule has 0 aliphatic heterocycles. The molecule has 1 aromatic carbocycles. The number of aromatic nitrogens is 1. The number of alkyl halides is 3. The molecule has 13 heteroatoms. The van der Waals surface area contributed by atoms with Gasteiger partial charge in [0, 0.05) is 44.3 Å². The molecule has 0 spiro atoms. The highest BCUT2D eigenvalue weighted by atomic mass is 32.1. The summed E-state index contributed by atoms with van der Waals surface area (Å²) in [4.78, 5) is 55.8. The van der Waals surface area contributed by atoms with E-state index >= 15 is 0 Å². The van der Waals surface area contributed by atoms with Gasteiger partial charge in [0.25, 0.3) is 5.91 Å². The van der Waals surface area contributed by atoms with E-state index in [-0.39, 0.29) is 42.8 Å². The Labute approximate surface area is 259 Å². The van der Waals surface area contributed by atoms with Crippen molar-refractivity contribution in [3.63, 3.8) is 0 Å². The molecule has 1 heterocycles. The lowest BCUT2D eigenvalue weighted by atomic mass is 9.95. The van der Waals surface area contributed by atoms with Gasteiger partial charge in [0.2, 0.25) is 5.91 Å². The predicted octanol–water partition coefficient (Wildman–Crippen LogP) is 5.89. The maximum Gasteiger partial charge on any atom is 0.416 e. The topological polar surface area (TPSA) is 126 Å². The van der Waals surface area contributed by atoms with Gasteiger partial charge in [-0.2, -0.15) is 13.2 Å². The van der Waals surface area contributed by atoms with Crippen LogP contribution in [0.2, 0.25) is 0 Å². The molecule has 2 amide bonds. The molecule has 4 unspecified atom stereocenters. The third kappa shape index (κ3) is 10.3. The maximum absolute atomic E-state index is 13.3. The number of aliphatic carboxylic acids is 1. The first-order valence-corrected chi connectivity index (χ1v) is 15.5. The van der Waals surface area contributed by atoms with E-state index in [2.05, 4.69) is 10.3 Å². The first-order chi connectivity index (χ1) is 20.5. The highest BCUT2D eigenvalue weighted by molar-refractivity contribution is 7.09. The molecule has 1 aromatic heterocycles. The van der Waals surface area contributed by atoms with Gasteiger partial charge in [-0.25, -0.2) is 4.98 Å². The second-order valence-corrected chi connectivity index (χ2v) is 12.8. The van der Waals surface area contributed by atoms with Crippen molar-refractivity contribution in [3.05, 3.63) is 51.5 Å². The maximum atomic E-state index is 13.3. The minimum Gasteiger partial charge on any atom is -0.481 e. The Kier molecular flexibility index (Phi) is 11.9. The van der Waals surface area contributed by atoms with E-state index in [1.54, 1.807) is 11.9 Å². The van der Waals surface area contributed by atoms with E-state index in [9.17, 15) is 37.5 Å². The Balaban J connectivity index is 1.77. The Hall–Kier alpha value is -3.48. The zero-order chi connectivity index (χ0) is 32.8. The third-order valence-electron chi connectivity index (χ3n) is 7.77. The van der Waals surface area contributed by atoms with Crippen molar-refractivity contribution < 1.29 is 42.2 Å². The number of hydrogen-bond donors (Lipinski definition) is 2. The zero-order valence-electron chi connectivity index (χ0n) is 25.5. The van der Waals surface area contributed by atoms with Gasteiger partial charge in [0.1, 0.15) is 10.7 Å². The van der Waals surface area contributed by atoms with Crippen molar-refractivity contribution in [3.8, 4) is 0 Å². The Morgan fingerprint density at radius 2 is 1.75 bits per heavy atom. The molecule has 0 radical (unpaired) electrons. The second kappa shape index (κ2) is 15.0. The van der Waals surface area contributed by atoms with E-state index in [1.807, 2.05) is 13.8 Å². The van der Waals surface area contributed by atoms with E-state index in [4.69, 9.17) is 4.74 Å². The molecule has 1 saturated carbocycles. The fourth-order valence-electron chi connectivity index (χ4n) is 5.03. The molecular formula is C31H40F3N3O6S. The number of carboxylic acids is 1. The van der Waals surface area contributed by atoms with Crippen molar-refractivity contribution in [1.82, 2.24) is 15.2 Å². The predicted molar refractivity (Wildman–Crippen MR) is 158 cm³/mol. The minimum absolute atomic E-state index is 0.0293. The van der Waals surface area contributed by atoms with Crippen LogP contribution in [0.5, 0.6) is 0 Å². The Morgan fingerprint density at radius 3 is 2.27 bits per heavy atom. The number of rotatable bonds is 15. The molecule has 0 bridgehead atoms. The number of carbonyl (C=O) groups excluding carboxylic acids is 3. The van der Waals surface area contributed by atoms with E-state index in [0.717, 1.165) is 36.3 Å². The summed E-state index contributed by atoms with van der Waals surface area (Å²) in [6.07, 6.45) is -2.30. The number of ether oxygens (including phenoxy) is 1. The summed E-state index contributed by atoms with van der Waals surface area (Å²) in [5, 5.41) is 14.1. The van der Waals surface area contributed by atoms with Gasteiger partial charge in [-0.3, -0.25) is 19.2 Å². The third-order valence-corrected chi connectivity index (χ3v) is 8.71. The minimum atomic E-state index is -4.49. The first kappa shape index (κ1) is 35.0. The van der Waals surface area contributed by atoms with E-state index in [1.165, 1.54) is 31.4 Å². The highest BCUT2D eigenvalue weighted by Gasteiger charge is 2.34. The average molecular weight is 640 g/mol. The van der Waals surface area contributed by atoms with Crippen molar-refractivity contribution >= 4 is 35.1 Å². The molecule has 1 aliphatic carbocycles. The lowest BCUT2D eigenvalue weighted by Crippen LogP contribution is -2.42. The lowest BCUT2D eigenvalue weighted by molar-refractivity contribution is -0.148. The number of hydrogen-bond acceptors (Lipinski definition) is 7. The van der Waals surface area contributed by atoms with Crippen LogP contribution in [-0.2, 0) is 31.7 Å². The van der Waals surface area contributed by atoms with Crippen LogP contribution in [0.1, 0.15) is 92.5 Å². The van der Waals surface area contributed by atoms with Crippen molar-refractivity contribution in [2.45, 2.75) is 90.6 Å². The second-order valence-electron chi connectivity index (χ2n) is 11.9. The molecule has 242 valence electrons. The van der Waals surface area contributed by atoms with Gasteiger partial charge in [-0.1, -0.05) is 32.9 Å². The fourth-order valence-corrected chi connectivity index (χ4v) is 5.87. The molecule has 1 aliphatic rings. The number of amides is 2. The zero-order valence-corrected chi connectivity index (χ0v) is 26.3. The summed E-state index contributed by atoms with van der Waals surface area (Å²) in [6, 6.07) is 3.52. The van der Waals surface area contributed by atoms with Gasteiger partial charge in [0.05, 0.1) is 11.5 Å². The molecule has 1 fully saturated rings. The van der Waals surface area contributed by atoms with Crippen molar-refractivity contribution in [2.24, 2.45) is 17.8 Å². The van der Waals surface area contributed by atoms with Crippen molar-refractivity contribution in [1.29, 1.82) is 0 Å². The summed E-state index contributed by atoms with van der Waals surface area (Å²) < 4.78 is 44.6. The van der Waals surface area contributed by atoms with Crippen LogP contribution < -0.4 is 5.32 Å². The molecule has 0 saturated heterocycles. The van der Waals surface area contributed by atoms with Gasteiger partial charge >= 0.3 is 18.1 Å². The number of thiazole rings is 1. The van der Waals surface area contributed by atoms with Crippen LogP contribution in [0.4, 0.5) is 13.2 Å². The van der Waals surface area contributed by atoms with Gasteiger partial charge < -0.3 is 20.1 Å². The monoisotopic (exact) mass is 639 g/mol. The van der Waals surface area contributed by atoms with E-state index in [0.29, 0.717) is 22.9 Å². The van der Waals surface area contributed by atoms with Crippen LogP contribution in [0.3, 0.4) is 0 Å². The highest BCUT2D eigenvalue weighted by Crippen LogP contribution is 2.35. The first-order valence-electron chi connectivity index (χ1n) is 14.6. The number of halogens is 3. The fraction of sp³-hybridized carbons (Fsp3) is 0.581. The SMILES string of the molecule is CC(=O)OC(CC(C(C)C)N(C)C(=O)CC1CC1)c1nc(C(=O)NC(Cc2ccc(C(F)(F)F)cc2)CC(C)C(=O)O)cs1. The van der Waals surface area contributed by atoms with Crippen LogP contribution in [0.15, 0.2) is 29.6 Å². The number of esters is 1. The van der Waals surface area contributed by atoms with Crippen molar-refractivity contribution in [2.75, 3.05) is 7.05 Å². The Morgan fingerprint density at radius 1 is 1.11 bits per heavy atom. The quantitative estimate of drug-likeness (QED) is 0.233. The molecule has 9 nitrogen and oxygen atoms in total. The lowest BCUT2D eigenvalue weighted by Gasteiger charge is -2.33. The van der Waals surface area contributed by atoms with Gasteiger partial charge in [-0.15, -0.1) is 11.3 Å². The number of carbonyl (C=O) groups is 4. The normalized spacial score (nSPS) is 16.1. The van der Waals surface area contributed by atoms with Crippen LogP contribution in [0.25, 0.3) is 0 Å². The molecule has 3 rings (SSSR count). The largest absolute Gasteiger partial charge is 0.481 e. The number of benzene rings is 1. The smallest absolute Gasteiger partial charge is 0.416 e. The molecule has 44 heavy (non-hydrogen) atoms. The number of nitrogens with one attached hydrogen (secondary N) is 1. The summed E-state index contributed by atoms with van der Waals surface area (Å²) >= 11 is 1.12. The number of nitrogens with zero attached hydrogens (tertiary/aromatic N) is 2. The molecule has 2 N–H and O–H groups in total. The van der Waals surface area contributed by atoms with E-state index < -0.39 is 47.6 Å². The van der Waals surface area contributed by atoms with Crippen LogP contribution >= 0.6 is 11.3 Å². The average Bonchev–Trinajstić information content (AvgIpc) is 3.60. The summed E-state index contributed by atoms with van der Waals surface area (Å²) in [5.74, 6) is -2.54. The molecule has 4 atom stereocenters. The summed E-state index contributed by atoms with van der Waals surface area (Å²) in [7, 11) is 1.75. The van der Waals surface area contributed by atoms with Crippen LogP contribution in [0, 0.1) is 17.8 Å². The number of carboxylic acid groups (broad SMARTS) is 1. The van der Waals surface area contributed by atoms with Gasteiger partial charge in [0.15, 0.2) is 6.10 Å². The summed E-state index contributed by atoms with van der Waals surface area (Å²) in [5.41, 5.74) is -0.284. The molecular weight excluding hydrogens is 599 g/mol. The summed E-state index contributed by atoms with van der Waals surface area (Å²) in [6.45, 7) is 6.71. The van der Waals surface area contributed by atoms with Gasteiger partial charge in [-0.05, 0) is 55.2 Å². The standard InChI is InChI=1S/C31H40F3N3O6S/c1-17(2)25(37(5)27(39)14-21-6-7-21)15-26(43-19(4)38)29-36-24(16-44-29)28(40)35-23(12-18(3)30(41)42)13-20-8-10-22(11-9-20)31(32,33)34/h8-11,16-18,21,23,25-26H,6-7,12-15H2,1-5H3,(H,35,40)(H,41,42). The van der Waals surface area contributed by atoms with Crippen LogP contribution in [-0.4, -0.2) is 57.9 Å². The Bertz CT molecular complexity index is 1310.